The third kappa shape index (κ3) is 8.92. The summed E-state index contributed by atoms with van der Waals surface area (Å²) >= 11 is 0. The number of rotatable bonds is 11. The van der Waals surface area contributed by atoms with Gasteiger partial charge in [-0.25, -0.2) is 0 Å². The van der Waals surface area contributed by atoms with Crippen LogP contribution >= 0.6 is 0 Å². The lowest BCUT2D eigenvalue weighted by atomic mass is 10.1. The molecule has 0 heterocycles. The van der Waals surface area contributed by atoms with E-state index in [1.807, 2.05) is 54.6 Å². The Morgan fingerprint density at radius 1 is 0.828 bits per heavy atom. The summed E-state index contributed by atoms with van der Waals surface area (Å²) in [6.45, 7) is 0.279. The van der Waals surface area contributed by atoms with Crippen molar-refractivity contribution in [2.75, 3.05) is 26.8 Å². The first-order chi connectivity index (χ1) is 14.1. The third-order valence-corrected chi connectivity index (χ3v) is 4.12. The van der Waals surface area contributed by atoms with Crippen LogP contribution in [0.1, 0.15) is 17.5 Å². The van der Waals surface area contributed by atoms with Crippen LogP contribution in [-0.4, -0.2) is 44.6 Å². The SMILES string of the molecule is COc1ccc(CCNC(=O)COC(=O)CCNC(=O)Cc2ccccc2)cc1. The van der Waals surface area contributed by atoms with Crippen LogP contribution in [0.2, 0.25) is 0 Å². The number of nitrogens with one attached hydrogen (secondary N) is 2. The molecule has 0 aliphatic carbocycles. The van der Waals surface area contributed by atoms with Crippen molar-refractivity contribution in [3.05, 3.63) is 65.7 Å². The molecule has 2 N–H and O–H groups in total. The van der Waals surface area contributed by atoms with Gasteiger partial charge in [0.05, 0.1) is 20.0 Å². The molecule has 0 saturated carbocycles. The minimum Gasteiger partial charge on any atom is -0.497 e. The Labute approximate surface area is 170 Å². The molecule has 0 radical (unpaired) electrons. The van der Waals surface area contributed by atoms with Gasteiger partial charge in [0.1, 0.15) is 5.75 Å². The number of hydrogen-bond donors (Lipinski definition) is 2. The minimum absolute atomic E-state index is 0.0135. The summed E-state index contributed by atoms with van der Waals surface area (Å²) in [5, 5.41) is 5.36. The van der Waals surface area contributed by atoms with E-state index in [1.54, 1.807) is 7.11 Å². The maximum atomic E-state index is 11.8. The van der Waals surface area contributed by atoms with Gasteiger partial charge in [0, 0.05) is 13.1 Å². The minimum atomic E-state index is -0.532. The lowest BCUT2D eigenvalue weighted by molar-refractivity contribution is -0.148. The Bertz CT molecular complexity index is 791. The van der Waals surface area contributed by atoms with Gasteiger partial charge in [-0.15, -0.1) is 0 Å². The second kappa shape index (κ2) is 12.2. The summed E-state index contributed by atoms with van der Waals surface area (Å²) in [7, 11) is 1.61. The summed E-state index contributed by atoms with van der Waals surface area (Å²) < 4.78 is 10.0. The molecule has 0 aromatic heterocycles. The fraction of sp³-hybridized carbons (Fsp3) is 0.318. The van der Waals surface area contributed by atoms with Gasteiger partial charge in [0.25, 0.3) is 5.91 Å². The summed E-state index contributed by atoms with van der Waals surface area (Å²) in [4.78, 5) is 35.2. The standard InChI is InChI=1S/C22H26N2O5/c1-28-19-9-7-17(8-10-19)11-13-24-21(26)16-29-22(27)12-14-23-20(25)15-18-5-3-2-4-6-18/h2-10H,11-16H2,1H3,(H,23,25)(H,24,26). The van der Waals surface area contributed by atoms with E-state index < -0.39 is 5.97 Å². The number of carbonyl (C=O) groups is 3. The van der Waals surface area contributed by atoms with Gasteiger partial charge < -0.3 is 20.1 Å². The molecule has 154 valence electrons. The van der Waals surface area contributed by atoms with Crippen LogP contribution in [0.25, 0.3) is 0 Å². The van der Waals surface area contributed by atoms with Crippen molar-refractivity contribution >= 4 is 17.8 Å². The summed E-state index contributed by atoms with van der Waals surface area (Å²) in [6.07, 6.45) is 0.934. The molecule has 0 bridgehead atoms. The highest BCUT2D eigenvalue weighted by Gasteiger charge is 2.09. The number of methoxy groups -OCH3 is 1. The van der Waals surface area contributed by atoms with E-state index in [4.69, 9.17) is 9.47 Å². The maximum absolute atomic E-state index is 11.8. The molecule has 0 atom stereocenters. The van der Waals surface area contributed by atoms with Crippen molar-refractivity contribution in [2.24, 2.45) is 0 Å². The molecule has 0 saturated heterocycles. The molecule has 0 spiro atoms. The zero-order valence-electron chi connectivity index (χ0n) is 16.5. The first-order valence-electron chi connectivity index (χ1n) is 9.42. The Kier molecular flexibility index (Phi) is 9.21. The summed E-state index contributed by atoms with van der Waals surface area (Å²) in [6, 6.07) is 16.9. The van der Waals surface area contributed by atoms with E-state index in [1.165, 1.54) is 0 Å². The molecule has 0 unspecified atom stereocenters. The second-order valence-electron chi connectivity index (χ2n) is 6.37. The predicted molar refractivity (Wildman–Crippen MR) is 108 cm³/mol. The van der Waals surface area contributed by atoms with E-state index >= 15 is 0 Å². The van der Waals surface area contributed by atoms with Crippen molar-refractivity contribution in [1.29, 1.82) is 0 Å². The fourth-order valence-corrected chi connectivity index (χ4v) is 2.56. The van der Waals surface area contributed by atoms with Gasteiger partial charge >= 0.3 is 5.97 Å². The smallest absolute Gasteiger partial charge is 0.308 e. The van der Waals surface area contributed by atoms with Crippen molar-refractivity contribution in [3.8, 4) is 5.75 Å². The van der Waals surface area contributed by atoms with E-state index in [-0.39, 0.29) is 37.8 Å². The molecule has 0 aliphatic heterocycles. The van der Waals surface area contributed by atoms with Gasteiger partial charge in [-0.2, -0.15) is 0 Å². The van der Waals surface area contributed by atoms with Crippen LogP contribution in [0.4, 0.5) is 0 Å². The fourth-order valence-electron chi connectivity index (χ4n) is 2.56. The zero-order chi connectivity index (χ0) is 20.9. The molecule has 0 aliphatic rings. The number of carbonyl (C=O) groups excluding carboxylic acids is 3. The van der Waals surface area contributed by atoms with Crippen molar-refractivity contribution in [2.45, 2.75) is 19.3 Å². The molecule has 29 heavy (non-hydrogen) atoms. The van der Waals surface area contributed by atoms with Crippen LogP contribution in [0, 0.1) is 0 Å². The second-order valence-corrected chi connectivity index (χ2v) is 6.37. The van der Waals surface area contributed by atoms with Crippen LogP contribution in [0.3, 0.4) is 0 Å². The van der Waals surface area contributed by atoms with Crippen molar-refractivity contribution < 1.29 is 23.9 Å². The molecule has 2 amide bonds. The highest BCUT2D eigenvalue weighted by atomic mass is 16.5. The molecule has 2 aromatic carbocycles. The van der Waals surface area contributed by atoms with Gasteiger partial charge in [0.2, 0.25) is 5.91 Å². The molecule has 7 nitrogen and oxygen atoms in total. The Morgan fingerprint density at radius 3 is 2.21 bits per heavy atom. The first-order valence-corrected chi connectivity index (χ1v) is 9.42. The quantitative estimate of drug-likeness (QED) is 0.562. The zero-order valence-corrected chi connectivity index (χ0v) is 16.5. The van der Waals surface area contributed by atoms with Crippen molar-refractivity contribution in [1.82, 2.24) is 10.6 Å². The average Bonchev–Trinajstić information content (AvgIpc) is 2.73. The van der Waals surface area contributed by atoms with E-state index in [9.17, 15) is 14.4 Å². The average molecular weight is 398 g/mol. The topological polar surface area (TPSA) is 93.7 Å². The molecule has 7 heteroatoms. The molecular weight excluding hydrogens is 372 g/mol. The van der Waals surface area contributed by atoms with E-state index in [2.05, 4.69) is 10.6 Å². The molecule has 2 rings (SSSR count). The summed E-state index contributed by atoms with van der Waals surface area (Å²) in [5.74, 6) is -0.281. The predicted octanol–water partition coefficient (Wildman–Crippen LogP) is 1.65. The number of amides is 2. The molecule has 0 fully saturated rings. The maximum Gasteiger partial charge on any atom is 0.308 e. The largest absolute Gasteiger partial charge is 0.497 e. The van der Waals surface area contributed by atoms with Gasteiger partial charge in [0.15, 0.2) is 6.61 Å². The van der Waals surface area contributed by atoms with E-state index in [0.717, 1.165) is 16.9 Å². The van der Waals surface area contributed by atoms with Crippen LogP contribution < -0.4 is 15.4 Å². The van der Waals surface area contributed by atoms with E-state index in [0.29, 0.717) is 13.0 Å². The monoisotopic (exact) mass is 398 g/mol. The highest BCUT2D eigenvalue weighted by molar-refractivity contribution is 5.81. The van der Waals surface area contributed by atoms with Crippen LogP contribution in [0.5, 0.6) is 5.75 Å². The molecular formula is C22H26N2O5. The lowest BCUT2D eigenvalue weighted by Gasteiger charge is -2.08. The Morgan fingerprint density at radius 2 is 1.52 bits per heavy atom. The Hall–Kier alpha value is -3.35. The lowest BCUT2D eigenvalue weighted by Crippen LogP contribution is -2.31. The normalized spacial score (nSPS) is 10.1. The molecule has 2 aromatic rings. The first kappa shape index (κ1) is 21.9. The van der Waals surface area contributed by atoms with Crippen LogP contribution in [-0.2, 0) is 32.0 Å². The van der Waals surface area contributed by atoms with Gasteiger partial charge in [-0.1, -0.05) is 42.5 Å². The number of hydrogen-bond acceptors (Lipinski definition) is 5. The van der Waals surface area contributed by atoms with Gasteiger partial charge in [-0.3, -0.25) is 14.4 Å². The number of ether oxygens (including phenoxy) is 2. The number of esters is 1. The van der Waals surface area contributed by atoms with Crippen molar-refractivity contribution in [3.63, 3.8) is 0 Å². The third-order valence-electron chi connectivity index (χ3n) is 4.12. The van der Waals surface area contributed by atoms with Gasteiger partial charge in [-0.05, 0) is 29.7 Å². The number of benzene rings is 2. The summed E-state index contributed by atoms with van der Waals surface area (Å²) in [5.41, 5.74) is 1.97. The van der Waals surface area contributed by atoms with Crippen LogP contribution in [0.15, 0.2) is 54.6 Å². The highest BCUT2D eigenvalue weighted by Crippen LogP contribution is 2.11. The Balaban J connectivity index is 1.53.